The maximum absolute atomic E-state index is 12.1. The monoisotopic (exact) mass is 228 g/mol. The Labute approximate surface area is 98.7 Å². The number of benzene rings is 2. The summed E-state index contributed by atoms with van der Waals surface area (Å²) in [6, 6.07) is 11.4. The molecule has 0 saturated carbocycles. The lowest BCUT2D eigenvalue weighted by Gasteiger charge is -2.00. The zero-order valence-corrected chi connectivity index (χ0v) is 9.51. The Morgan fingerprint density at radius 1 is 0.875 bits per heavy atom. The highest BCUT2D eigenvalue weighted by Gasteiger charge is 2.26. The Kier molecular flexibility index (Phi) is 1.92. The predicted octanol–water partition coefficient (Wildman–Crippen LogP) is 3.86. The van der Waals surface area contributed by atoms with Gasteiger partial charge in [-0.1, -0.05) is 29.3 Å². The minimum absolute atomic E-state index is 0.102. The number of aryl methyl sites for hydroxylation is 1. The van der Waals surface area contributed by atoms with Gasteiger partial charge in [-0.3, -0.25) is 4.79 Å². The second-order valence-corrected chi connectivity index (χ2v) is 4.50. The van der Waals surface area contributed by atoms with Crippen molar-refractivity contribution in [1.82, 2.24) is 0 Å². The molecule has 1 aliphatic carbocycles. The summed E-state index contributed by atoms with van der Waals surface area (Å²) in [6.07, 6.45) is 0. The zero-order valence-electron chi connectivity index (χ0n) is 8.75. The molecule has 1 aliphatic rings. The van der Waals surface area contributed by atoms with E-state index in [1.54, 1.807) is 12.1 Å². The molecule has 16 heavy (non-hydrogen) atoms. The van der Waals surface area contributed by atoms with Gasteiger partial charge in [-0.25, -0.2) is 0 Å². The van der Waals surface area contributed by atoms with Gasteiger partial charge in [0.15, 0.2) is 5.78 Å². The van der Waals surface area contributed by atoms with Crippen molar-refractivity contribution in [3.63, 3.8) is 0 Å². The van der Waals surface area contributed by atoms with E-state index < -0.39 is 0 Å². The van der Waals surface area contributed by atoms with E-state index in [4.69, 9.17) is 11.6 Å². The van der Waals surface area contributed by atoms with E-state index in [1.165, 1.54) is 0 Å². The molecule has 78 valence electrons. The predicted molar refractivity (Wildman–Crippen MR) is 65.1 cm³/mol. The van der Waals surface area contributed by atoms with Gasteiger partial charge in [0.2, 0.25) is 0 Å². The van der Waals surface area contributed by atoms with Crippen LogP contribution in [0.15, 0.2) is 36.4 Å². The van der Waals surface area contributed by atoms with Gasteiger partial charge in [0.1, 0.15) is 0 Å². The fourth-order valence-electron chi connectivity index (χ4n) is 2.16. The lowest BCUT2D eigenvalue weighted by Crippen LogP contribution is -1.94. The van der Waals surface area contributed by atoms with Crippen molar-refractivity contribution < 1.29 is 4.79 Å². The molecule has 2 heteroatoms. The van der Waals surface area contributed by atoms with E-state index in [0.717, 1.165) is 27.8 Å². The lowest BCUT2D eigenvalue weighted by molar-refractivity contribution is 0.104. The Balaban J connectivity index is 2.36. The lowest BCUT2D eigenvalue weighted by atomic mass is 10.0. The number of carbonyl (C=O) groups excluding carboxylic acids is 1. The van der Waals surface area contributed by atoms with Crippen molar-refractivity contribution in [1.29, 1.82) is 0 Å². The summed E-state index contributed by atoms with van der Waals surface area (Å²) < 4.78 is 0. The van der Waals surface area contributed by atoms with Crippen LogP contribution in [-0.2, 0) is 0 Å². The average molecular weight is 229 g/mol. The Morgan fingerprint density at radius 3 is 2.44 bits per heavy atom. The number of fused-ring (bicyclic) bond motifs is 3. The van der Waals surface area contributed by atoms with Crippen LogP contribution in [0.4, 0.5) is 0 Å². The second-order valence-electron chi connectivity index (χ2n) is 4.07. The fraction of sp³-hybridized carbons (Fsp3) is 0.0714. The molecular formula is C14H9ClO. The number of hydrogen-bond acceptors (Lipinski definition) is 1. The van der Waals surface area contributed by atoms with Crippen molar-refractivity contribution >= 4 is 17.4 Å². The van der Waals surface area contributed by atoms with Crippen LogP contribution in [0.2, 0.25) is 5.02 Å². The van der Waals surface area contributed by atoms with Crippen molar-refractivity contribution in [3.8, 4) is 11.1 Å². The Bertz CT molecular complexity index is 614. The smallest absolute Gasteiger partial charge is 0.194 e. The van der Waals surface area contributed by atoms with Gasteiger partial charge in [-0.15, -0.1) is 0 Å². The first kappa shape index (κ1) is 9.61. The fourth-order valence-corrected chi connectivity index (χ4v) is 2.34. The first-order valence-electron chi connectivity index (χ1n) is 5.12. The summed E-state index contributed by atoms with van der Waals surface area (Å²) in [5.74, 6) is 0.102. The molecule has 0 aromatic heterocycles. The number of halogens is 1. The van der Waals surface area contributed by atoms with Crippen LogP contribution in [0.5, 0.6) is 0 Å². The van der Waals surface area contributed by atoms with Crippen LogP contribution in [0.25, 0.3) is 11.1 Å². The molecule has 0 bridgehead atoms. The van der Waals surface area contributed by atoms with Crippen LogP contribution in [0.1, 0.15) is 21.5 Å². The minimum Gasteiger partial charge on any atom is -0.289 e. The van der Waals surface area contributed by atoms with Crippen LogP contribution in [-0.4, -0.2) is 5.78 Å². The summed E-state index contributed by atoms with van der Waals surface area (Å²) in [6.45, 7) is 1.99. The van der Waals surface area contributed by atoms with E-state index in [0.29, 0.717) is 5.02 Å². The highest BCUT2D eigenvalue weighted by molar-refractivity contribution is 6.32. The van der Waals surface area contributed by atoms with Crippen LogP contribution in [0, 0.1) is 6.92 Å². The quantitative estimate of drug-likeness (QED) is 0.571. The van der Waals surface area contributed by atoms with E-state index in [9.17, 15) is 4.79 Å². The normalized spacial score (nSPS) is 12.5. The summed E-state index contributed by atoms with van der Waals surface area (Å²) in [5, 5.41) is 0.667. The summed E-state index contributed by atoms with van der Waals surface area (Å²) >= 11 is 5.96. The van der Waals surface area contributed by atoms with Crippen molar-refractivity contribution in [3.05, 3.63) is 58.1 Å². The molecule has 0 N–H and O–H groups in total. The molecule has 0 spiro atoms. The standard InChI is InChI=1S/C14H9ClO/c1-8-2-4-10-12-7-9(15)3-5-11(12)14(16)13(10)6-8/h2-7H,1H3. The van der Waals surface area contributed by atoms with Gasteiger partial charge in [-0.2, -0.15) is 0 Å². The molecule has 0 aliphatic heterocycles. The third-order valence-corrected chi connectivity index (χ3v) is 3.17. The van der Waals surface area contributed by atoms with Crippen LogP contribution < -0.4 is 0 Å². The Morgan fingerprint density at radius 2 is 1.62 bits per heavy atom. The van der Waals surface area contributed by atoms with E-state index in [2.05, 4.69) is 0 Å². The first-order chi connectivity index (χ1) is 7.66. The van der Waals surface area contributed by atoms with Crippen LogP contribution >= 0.6 is 11.6 Å². The molecule has 2 aromatic rings. The third kappa shape index (κ3) is 1.22. The van der Waals surface area contributed by atoms with Gasteiger partial charge in [0.05, 0.1) is 0 Å². The molecule has 0 heterocycles. The van der Waals surface area contributed by atoms with Gasteiger partial charge in [0, 0.05) is 16.1 Å². The van der Waals surface area contributed by atoms with E-state index in [1.807, 2.05) is 31.2 Å². The van der Waals surface area contributed by atoms with Crippen molar-refractivity contribution in [2.75, 3.05) is 0 Å². The highest BCUT2D eigenvalue weighted by Crippen LogP contribution is 2.38. The van der Waals surface area contributed by atoms with Gasteiger partial charge < -0.3 is 0 Å². The molecule has 0 unspecified atom stereocenters. The van der Waals surface area contributed by atoms with Gasteiger partial charge in [0.25, 0.3) is 0 Å². The second kappa shape index (κ2) is 3.19. The third-order valence-electron chi connectivity index (χ3n) is 2.94. The SMILES string of the molecule is Cc1ccc2c(c1)C(=O)c1ccc(Cl)cc1-2. The Hall–Kier alpha value is -1.60. The molecule has 0 saturated heterocycles. The molecule has 0 fully saturated rings. The van der Waals surface area contributed by atoms with E-state index >= 15 is 0 Å². The molecule has 0 atom stereocenters. The minimum atomic E-state index is 0.102. The molecule has 0 radical (unpaired) electrons. The maximum Gasteiger partial charge on any atom is 0.194 e. The summed E-state index contributed by atoms with van der Waals surface area (Å²) in [4.78, 5) is 12.1. The van der Waals surface area contributed by atoms with Crippen molar-refractivity contribution in [2.45, 2.75) is 6.92 Å². The first-order valence-corrected chi connectivity index (χ1v) is 5.50. The molecule has 0 amide bonds. The zero-order chi connectivity index (χ0) is 11.3. The number of rotatable bonds is 0. The van der Waals surface area contributed by atoms with Crippen molar-refractivity contribution in [2.24, 2.45) is 0 Å². The number of carbonyl (C=O) groups is 1. The van der Waals surface area contributed by atoms with Gasteiger partial charge in [-0.05, 0) is 42.3 Å². The molecule has 1 nitrogen and oxygen atoms in total. The summed E-state index contributed by atoms with van der Waals surface area (Å²) in [5.41, 5.74) is 4.59. The number of hydrogen-bond donors (Lipinski definition) is 0. The summed E-state index contributed by atoms with van der Waals surface area (Å²) in [7, 11) is 0. The largest absolute Gasteiger partial charge is 0.289 e. The molecule has 3 rings (SSSR count). The number of ketones is 1. The van der Waals surface area contributed by atoms with Gasteiger partial charge >= 0.3 is 0 Å². The highest BCUT2D eigenvalue weighted by atomic mass is 35.5. The van der Waals surface area contributed by atoms with E-state index in [-0.39, 0.29) is 5.78 Å². The average Bonchev–Trinajstić information content (AvgIpc) is 2.52. The topological polar surface area (TPSA) is 17.1 Å². The van der Waals surface area contributed by atoms with Crippen LogP contribution in [0.3, 0.4) is 0 Å². The maximum atomic E-state index is 12.1. The molecular weight excluding hydrogens is 220 g/mol. The molecule has 2 aromatic carbocycles.